The lowest BCUT2D eigenvalue weighted by Gasteiger charge is -2.18. The van der Waals surface area contributed by atoms with Crippen LogP contribution in [0.5, 0.6) is 0 Å². The molecule has 0 saturated carbocycles. The highest BCUT2D eigenvalue weighted by atomic mass is 19.3. The molecule has 0 heterocycles. The van der Waals surface area contributed by atoms with E-state index in [9.17, 15) is 13.6 Å². The minimum Gasteiger partial charge on any atom is -0.403 e. The Morgan fingerprint density at radius 1 is 1.35 bits per heavy atom. The number of halogens is 2. The summed E-state index contributed by atoms with van der Waals surface area (Å²) in [6.45, 7) is 0.838. The molecule has 0 spiro atoms. The van der Waals surface area contributed by atoms with Crippen LogP contribution in [0.2, 0.25) is 0 Å². The van der Waals surface area contributed by atoms with E-state index in [2.05, 4.69) is 10.3 Å². The third-order valence-corrected chi connectivity index (χ3v) is 4.27. The second-order valence-electron chi connectivity index (χ2n) is 6.31. The Bertz CT molecular complexity index is 659. The molecule has 0 saturated heterocycles. The van der Waals surface area contributed by atoms with Gasteiger partial charge in [-0.2, -0.15) is 8.78 Å². The van der Waals surface area contributed by atoms with Crippen LogP contribution in [-0.2, 0) is 4.79 Å². The lowest BCUT2D eigenvalue weighted by Crippen LogP contribution is -2.21. The number of hydrogen-bond acceptors (Lipinski definition) is 5. The first-order chi connectivity index (χ1) is 12.3. The Kier molecular flexibility index (Phi) is 8.92. The second kappa shape index (κ2) is 10.7. The number of aliphatic imine (C=N–C) groups is 1. The average molecular weight is 366 g/mol. The summed E-state index contributed by atoms with van der Waals surface area (Å²) in [4.78, 5) is 14.1. The number of benzene rings is 1. The van der Waals surface area contributed by atoms with Gasteiger partial charge in [0.25, 0.3) is 0 Å². The molecule has 0 radical (unpaired) electrons. The third-order valence-electron chi connectivity index (χ3n) is 4.27. The van der Waals surface area contributed by atoms with Crippen molar-refractivity contribution in [1.82, 2.24) is 5.32 Å². The fraction of sp³-hybridized carbons (Fsp3) is 0.474. The molecule has 7 heteroatoms. The van der Waals surface area contributed by atoms with Crippen LogP contribution >= 0.6 is 0 Å². The van der Waals surface area contributed by atoms with Gasteiger partial charge in [-0.05, 0) is 37.0 Å². The van der Waals surface area contributed by atoms with Crippen LogP contribution in [-0.4, -0.2) is 25.6 Å². The number of aryl methyl sites for hydroxylation is 1. The van der Waals surface area contributed by atoms with Gasteiger partial charge >= 0.3 is 6.55 Å². The van der Waals surface area contributed by atoms with Crippen molar-refractivity contribution >= 4 is 12.0 Å². The van der Waals surface area contributed by atoms with E-state index in [1.54, 1.807) is 13.1 Å². The van der Waals surface area contributed by atoms with Gasteiger partial charge in [-0.25, -0.2) is 4.99 Å². The zero-order valence-electron chi connectivity index (χ0n) is 15.5. The van der Waals surface area contributed by atoms with E-state index < -0.39 is 6.55 Å². The van der Waals surface area contributed by atoms with E-state index >= 15 is 0 Å². The van der Waals surface area contributed by atoms with E-state index in [0.717, 1.165) is 30.3 Å². The highest BCUT2D eigenvalue weighted by Crippen LogP contribution is 2.23. The number of nitrogens with one attached hydrogen (secondary N) is 1. The predicted molar refractivity (Wildman–Crippen MR) is 101 cm³/mol. The summed E-state index contributed by atoms with van der Waals surface area (Å²) in [6, 6.07) is 5.26. The summed E-state index contributed by atoms with van der Waals surface area (Å²) in [5, 5.41) is 2.79. The molecule has 1 aromatic carbocycles. The molecule has 1 rings (SSSR count). The molecule has 0 fully saturated rings. The molecule has 0 aromatic heterocycles. The lowest BCUT2D eigenvalue weighted by molar-refractivity contribution is -0.110. The third kappa shape index (κ3) is 6.22. The number of alkyl halides is 2. The molecule has 0 aliphatic rings. The van der Waals surface area contributed by atoms with Crippen molar-refractivity contribution in [3.8, 4) is 0 Å². The van der Waals surface area contributed by atoms with Crippen LogP contribution in [0, 0.1) is 12.8 Å². The number of rotatable bonds is 10. The van der Waals surface area contributed by atoms with E-state index in [4.69, 9.17) is 11.5 Å². The first kappa shape index (κ1) is 21.8. The number of allylic oxidation sites excluding steroid dienone is 1. The van der Waals surface area contributed by atoms with Crippen molar-refractivity contribution in [2.75, 3.05) is 7.05 Å². The molecule has 26 heavy (non-hydrogen) atoms. The minimum atomic E-state index is -2.85. The summed E-state index contributed by atoms with van der Waals surface area (Å²) in [6.07, 6.45) is 4.43. The van der Waals surface area contributed by atoms with Crippen LogP contribution in [0.3, 0.4) is 0 Å². The summed E-state index contributed by atoms with van der Waals surface area (Å²) < 4.78 is 25.9. The minimum absolute atomic E-state index is 0.00781. The molecule has 0 aliphatic carbocycles. The van der Waals surface area contributed by atoms with Crippen LogP contribution in [0.1, 0.15) is 48.9 Å². The monoisotopic (exact) mass is 366 g/mol. The zero-order chi connectivity index (χ0) is 19.7. The highest BCUT2D eigenvalue weighted by Gasteiger charge is 2.17. The van der Waals surface area contributed by atoms with Crippen molar-refractivity contribution < 1.29 is 13.6 Å². The van der Waals surface area contributed by atoms with Gasteiger partial charge in [0.2, 0.25) is 0 Å². The number of nitrogens with two attached hydrogens (primary N) is 2. The molecule has 1 aromatic rings. The molecule has 5 N–H and O–H groups in total. The molecule has 2 atom stereocenters. The topological polar surface area (TPSA) is 93.5 Å². The van der Waals surface area contributed by atoms with Gasteiger partial charge < -0.3 is 21.6 Å². The van der Waals surface area contributed by atoms with Crippen molar-refractivity contribution in [2.45, 2.75) is 45.7 Å². The van der Waals surface area contributed by atoms with Crippen molar-refractivity contribution in [1.29, 1.82) is 0 Å². The Labute approximate surface area is 153 Å². The number of likely N-dealkylation sites (N-methyl/N-ethyl adjacent to an activating group) is 1. The van der Waals surface area contributed by atoms with E-state index in [-0.39, 0.29) is 17.7 Å². The van der Waals surface area contributed by atoms with Crippen LogP contribution in [0.25, 0.3) is 0 Å². The smallest absolute Gasteiger partial charge is 0.332 e. The normalized spacial score (nSPS) is 15.0. The Morgan fingerprint density at radius 3 is 2.58 bits per heavy atom. The number of hydrogen-bond donors (Lipinski definition) is 3. The maximum Gasteiger partial charge on any atom is 0.332 e. The summed E-state index contributed by atoms with van der Waals surface area (Å²) in [5.41, 5.74) is 14.4. The molecule has 0 amide bonds. The molecule has 0 aliphatic heterocycles. The van der Waals surface area contributed by atoms with Gasteiger partial charge in [-0.1, -0.05) is 25.5 Å². The zero-order valence-corrected chi connectivity index (χ0v) is 15.5. The first-order valence-corrected chi connectivity index (χ1v) is 8.61. The second-order valence-corrected chi connectivity index (χ2v) is 6.31. The van der Waals surface area contributed by atoms with E-state index in [1.165, 1.54) is 6.20 Å². The van der Waals surface area contributed by atoms with E-state index in [1.807, 2.05) is 26.0 Å². The largest absolute Gasteiger partial charge is 0.403 e. The van der Waals surface area contributed by atoms with Crippen molar-refractivity contribution in [3.63, 3.8) is 0 Å². The number of carbonyl (C=O) groups excluding carboxylic acids is 1. The van der Waals surface area contributed by atoms with Gasteiger partial charge in [-0.3, -0.25) is 0 Å². The Morgan fingerprint density at radius 2 is 2.04 bits per heavy atom. The Balaban J connectivity index is 3.12. The summed E-state index contributed by atoms with van der Waals surface area (Å²) in [7, 11) is 1.60. The van der Waals surface area contributed by atoms with Crippen molar-refractivity contribution in [3.05, 3.63) is 46.8 Å². The van der Waals surface area contributed by atoms with E-state index in [0.29, 0.717) is 17.7 Å². The standard InChI is InChI=1S/C19H28F2N4O/c1-12(11-26)5-4-6-16(23)14-8-7-13(2)15(9-14)18(25-19(20)21)17(10-22)24-3/h7-12,16,19,24H,4-6,22-23H2,1-3H3. The predicted octanol–water partition coefficient (Wildman–Crippen LogP) is 3.03. The lowest BCUT2D eigenvalue weighted by atomic mass is 9.93. The van der Waals surface area contributed by atoms with Crippen LogP contribution in [0.4, 0.5) is 8.78 Å². The maximum absolute atomic E-state index is 12.9. The van der Waals surface area contributed by atoms with Crippen LogP contribution < -0.4 is 16.8 Å². The molecule has 144 valence electrons. The fourth-order valence-electron chi connectivity index (χ4n) is 2.68. The fourth-order valence-corrected chi connectivity index (χ4v) is 2.68. The van der Waals surface area contributed by atoms with Crippen molar-refractivity contribution in [2.24, 2.45) is 22.4 Å². The molecule has 5 nitrogen and oxygen atoms in total. The van der Waals surface area contributed by atoms with Gasteiger partial charge in [0.15, 0.2) is 0 Å². The molecule has 2 unspecified atom stereocenters. The van der Waals surface area contributed by atoms with Crippen LogP contribution in [0.15, 0.2) is 35.1 Å². The SMILES string of the molecule is CNC(=CN)C(=NC(F)F)c1cc(C(N)CCCC(C)C=O)ccc1C. The van der Waals surface area contributed by atoms with Gasteiger partial charge in [0, 0.05) is 30.8 Å². The maximum atomic E-state index is 12.9. The number of carbonyl (C=O) groups is 1. The summed E-state index contributed by atoms with van der Waals surface area (Å²) >= 11 is 0. The number of aldehydes is 1. The Hall–Kier alpha value is -2.28. The molecular weight excluding hydrogens is 338 g/mol. The summed E-state index contributed by atoms with van der Waals surface area (Å²) in [5.74, 6) is 0.00781. The molecular formula is C19H28F2N4O. The highest BCUT2D eigenvalue weighted by molar-refractivity contribution is 6.13. The number of nitrogens with zero attached hydrogens (tertiary/aromatic N) is 1. The molecule has 0 bridgehead atoms. The first-order valence-electron chi connectivity index (χ1n) is 8.61. The van der Waals surface area contributed by atoms with Gasteiger partial charge in [-0.15, -0.1) is 0 Å². The van der Waals surface area contributed by atoms with Gasteiger partial charge in [0.05, 0.1) is 11.4 Å². The van der Waals surface area contributed by atoms with Gasteiger partial charge in [0.1, 0.15) is 6.29 Å². The quantitative estimate of drug-likeness (QED) is 0.337. The average Bonchev–Trinajstić information content (AvgIpc) is 2.61.